The molecule has 0 aromatic heterocycles. The topological polar surface area (TPSA) is 114 Å². The van der Waals surface area contributed by atoms with Crippen molar-refractivity contribution < 1.29 is 42.6 Å². The Morgan fingerprint density at radius 1 is 0.750 bits per heavy atom. The lowest BCUT2D eigenvalue weighted by molar-refractivity contribution is -0.190. The van der Waals surface area contributed by atoms with Crippen LogP contribution in [0.1, 0.15) is 27.7 Å². The Morgan fingerprint density at radius 2 is 1.21 bits per heavy atom. The summed E-state index contributed by atoms with van der Waals surface area (Å²) in [5.41, 5.74) is -0.688. The molecule has 1 rings (SSSR count). The van der Waals surface area contributed by atoms with Crippen LogP contribution in [0.15, 0.2) is 0 Å². The van der Waals surface area contributed by atoms with E-state index in [9.17, 15) is 19.2 Å². The second kappa shape index (κ2) is 10.3. The van der Waals surface area contributed by atoms with Gasteiger partial charge in [-0.25, -0.2) is 0 Å². The van der Waals surface area contributed by atoms with E-state index in [2.05, 4.69) is 0 Å². The Labute approximate surface area is 169 Å². The van der Waals surface area contributed by atoms with Crippen molar-refractivity contribution in [2.45, 2.75) is 76.3 Å². The Bertz CT molecular complexity index is 604. The average Bonchev–Trinajstić information content (AvgIpc) is 2.48. The Hall–Kier alpha value is -1.59. The minimum absolute atomic E-state index is 0.0892. The summed E-state index contributed by atoms with van der Waals surface area (Å²) in [5.74, 6) is -2.34. The average molecular weight is 437 g/mol. The molecule has 1 aliphatic rings. The highest BCUT2D eigenvalue weighted by atomic mass is 32.2. The number of carbonyl (C=O) groups is 4. The van der Waals surface area contributed by atoms with Gasteiger partial charge in [-0.2, -0.15) is 0 Å². The summed E-state index contributed by atoms with van der Waals surface area (Å²) in [4.78, 5) is 46.3. The molecule has 0 unspecified atom stereocenters. The predicted octanol–water partition coefficient (Wildman–Crippen LogP) is 1.64. The van der Waals surface area contributed by atoms with Crippen molar-refractivity contribution in [3.05, 3.63) is 0 Å². The van der Waals surface area contributed by atoms with Gasteiger partial charge in [0.15, 0.2) is 26.6 Å². The van der Waals surface area contributed by atoms with Gasteiger partial charge in [0, 0.05) is 27.7 Å². The van der Waals surface area contributed by atoms with E-state index in [1.807, 2.05) is 19.6 Å². The summed E-state index contributed by atoms with van der Waals surface area (Å²) in [7, 11) is -2.10. The molecule has 0 aromatic carbocycles. The van der Waals surface area contributed by atoms with Crippen LogP contribution in [0.4, 0.5) is 0 Å². The van der Waals surface area contributed by atoms with Gasteiger partial charge in [0.2, 0.25) is 0 Å². The molecule has 28 heavy (non-hydrogen) atoms. The normalized spacial score (nSPS) is 27.5. The monoisotopic (exact) mass is 436 g/mol. The summed E-state index contributed by atoms with van der Waals surface area (Å²) in [6.07, 6.45) is -3.08. The molecule has 0 spiro atoms. The fourth-order valence-corrected chi connectivity index (χ4v) is 5.77. The maximum absolute atomic E-state index is 11.7. The molecule has 9 nitrogen and oxygen atoms in total. The van der Waals surface area contributed by atoms with Crippen LogP contribution in [0.3, 0.4) is 0 Å². The van der Waals surface area contributed by atoms with Gasteiger partial charge in [0.05, 0.1) is 5.25 Å². The first-order valence-electron chi connectivity index (χ1n) is 8.78. The van der Waals surface area contributed by atoms with Crippen LogP contribution in [-0.4, -0.2) is 67.8 Å². The summed E-state index contributed by atoms with van der Waals surface area (Å²) >= 11 is 1.22. The number of esters is 4. The minimum atomic E-state index is -2.10. The van der Waals surface area contributed by atoms with Crippen molar-refractivity contribution in [3.63, 3.8) is 0 Å². The quantitative estimate of drug-likeness (QED) is 0.331. The third kappa shape index (κ3) is 8.19. The van der Waals surface area contributed by atoms with E-state index in [0.29, 0.717) is 0 Å². The molecule has 0 radical (unpaired) electrons. The molecule has 160 valence electrons. The van der Waals surface area contributed by atoms with Crippen molar-refractivity contribution in [2.75, 3.05) is 6.61 Å². The maximum Gasteiger partial charge on any atom is 0.303 e. The fourth-order valence-electron chi connectivity index (χ4n) is 2.63. The Kier molecular flexibility index (Phi) is 8.96. The molecule has 1 saturated heterocycles. The van der Waals surface area contributed by atoms with Gasteiger partial charge in [-0.15, -0.1) is 11.8 Å². The smallest absolute Gasteiger partial charge is 0.303 e. The van der Waals surface area contributed by atoms with Gasteiger partial charge in [0.1, 0.15) is 12.0 Å². The molecule has 5 atom stereocenters. The van der Waals surface area contributed by atoms with E-state index in [-0.39, 0.29) is 6.61 Å². The van der Waals surface area contributed by atoms with Crippen LogP contribution >= 0.6 is 11.8 Å². The number of ether oxygens (including phenoxy) is 4. The fraction of sp³-hybridized carbons (Fsp3) is 0.765. The molecule has 0 N–H and O–H groups in total. The first-order chi connectivity index (χ1) is 12.8. The molecule has 1 aliphatic heterocycles. The largest absolute Gasteiger partial charge is 0.465 e. The van der Waals surface area contributed by atoms with Crippen LogP contribution in [-0.2, 0) is 42.6 Å². The molecule has 0 aromatic rings. The van der Waals surface area contributed by atoms with E-state index >= 15 is 0 Å². The molecule has 1 fully saturated rings. The summed E-state index contributed by atoms with van der Waals surface area (Å²) in [5, 5.41) is -0.578. The van der Waals surface area contributed by atoms with E-state index in [1.165, 1.54) is 39.5 Å². The minimum Gasteiger partial charge on any atom is -0.465 e. The second-order valence-electron chi connectivity index (χ2n) is 7.30. The van der Waals surface area contributed by atoms with Crippen LogP contribution < -0.4 is 0 Å². The highest BCUT2D eigenvalue weighted by Gasteiger charge is 2.52. The van der Waals surface area contributed by atoms with E-state index in [4.69, 9.17) is 23.4 Å². The summed E-state index contributed by atoms with van der Waals surface area (Å²) < 4.78 is 27.4. The number of rotatable bonds is 7. The SMILES string of the molecule is CC(=O)OC[C@@H]1S[C@H](O[Si](C)(C)C)[C@H](OC(C)=O)[C@@H](OC(C)=O)[C@@H]1OC(C)=O. The lowest BCUT2D eigenvalue weighted by Gasteiger charge is -2.45. The van der Waals surface area contributed by atoms with Crippen molar-refractivity contribution in [2.24, 2.45) is 0 Å². The number of hydrogen-bond donors (Lipinski definition) is 0. The molecule has 0 bridgehead atoms. The molecule has 1 heterocycles. The molecule has 0 aliphatic carbocycles. The molecule has 11 heteroatoms. The lowest BCUT2D eigenvalue weighted by Crippen LogP contribution is -2.60. The number of hydrogen-bond acceptors (Lipinski definition) is 10. The third-order valence-corrected chi connectivity index (χ3v) is 5.94. The van der Waals surface area contributed by atoms with Crippen molar-refractivity contribution in [1.29, 1.82) is 0 Å². The third-order valence-electron chi connectivity index (χ3n) is 3.42. The first kappa shape index (κ1) is 24.4. The van der Waals surface area contributed by atoms with Gasteiger partial charge >= 0.3 is 23.9 Å². The highest BCUT2D eigenvalue weighted by molar-refractivity contribution is 8.00. The van der Waals surface area contributed by atoms with Gasteiger partial charge in [-0.3, -0.25) is 19.2 Å². The van der Waals surface area contributed by atoms with E-state index in [1.54, 1.807) is 0 Å². The Morgan fingerprint density at radius 3 is 1.64 bits per heavy atom. The molecule has 0 amide bonds. The summed E-state index contributed by atoms with van der Waals surface area (Å²) in [6.45, 7) is 10.7. The number of thioether (sulfide) groups is 1. The summed E-state index contributed by atoms with van der Waals surface area (Å²) in [6, 6.07) is 0. The van der Waals surface area contributed by atoms with Crippen molar-refractivity contribution in [3.8, 4) is 0 Å². The van der Waals surface area contributed by atoms with Crippen molar-refractivity contribution >= 4 is 44.0 Å². The molecule has 0 saturated carbocycles. The lowest BCUT2D eigenvalue weighted by atomic mass is 10.0. The van der Waals surface area contributed by atoms with Crippen LogP contribution in [0.2, 0.25) is 19.6 Å². The Balaban J connectivity index is 3.33. The highest BCUT2D eigenvalue weighted by Crippen LogP contribution is 2.39. The van der Waals surface area contributed by atoms with Crippen LogP contribution in [0.5, 0.6) is 0 Å². The standard InChI is InChI=1S/C17H28O9SSi/c1-9(18)22-8-13-14(23-10(2)19)15(24-11(3)20)16(25-12(4)21)17(27-13)26-28(5,6)7/h13-17H,8H2,1-7H3/t13-,14+,15-,16+,17-/m0/s1. The molecular weight excluding hydrogens is 408 g/mol. The predicted molar refractivity (Wildman–Crippen MR) is 103 cm³/mol. The van der Waals surface area contributed by atoms with Gasteiger partial charge < -0.3 is 23.4 Å². The van der Waals surface area contributed by atoms with E-state index in [0.717, 1.165) is 0 Å². The zero-order valence-electron chi connectivity index (χ0n) is 17.2. The second-order valence-corrected chi connectivity index (χ2v) is 13.1. The van der Waals surface area contributed by atoms with Gasteiger partial charge in [-0.1, -0.05) is 0 Å². The molecular formula is C17H28O9SSi. The maximum atomic E-state index is 11.7. The van der Waals surface area contributed by atoms with Gasteiger partial charge in [0.25, 0.3) is 0 Å². The van der Waals surface area contributed by atoms with E-state index < -0.39 is 61.2 Å². The van der Waals surface area contributed by atoms with Crippen LogP contribution in [0, 0.1) is 0 Å². The zero-order valence-corrected chi connectivity index (χ0v) is 19.0. The number of carbonyl (C=O) groups excluding carboxylic acids is 4. The first-order valence-corrected chi connectivity index (χ1v) is 13.1. The van der Waals surface area contributed by atoms with Crippen LogP contribution in [0.25, 0.3) is 0 Å². The van der Waals surface area contributed by atoms with Gasteiger partial charge in [-0.05, 0) is 19.6 Å². The van der Waals surface area contributed by atoms with Crippen molar-refractivity contribution in [1.82, 2.24) is 0 Å². The zero-order chi connectivity index (χ0) is 21.6.